The molecule has 0 aliphatic rings. The summed E-state index contributed by atoms with van der Waals surface area (Å²) in [6.07, 6.45) is 3.06. The van der Waals surface area contributed by atoms with Crippen molar-refractivity contribution in [2.75, 3.05) is 18.4 Å². The Bertz CT molecular complexity index is 503. The largest absolute Gasteiger partial charge is 0.334 e. The van der Waals surface area contributed by atoms with Crippen molar-refractivity contribution in [2.45, 2.75) is 40.0 Å². The van der Waals surface area contributed by atoms with E-state index in [0.717, 1.165) is 30.5 Å². The topological polar surface area (TPSA) is 49.4 Å². The number of hydrogen-bond acceptors (Lipinski definition) is 2. The number of halogens is 1. The van der Waals surface area contributed by atoms with Crippen LogP contribution in [0.1, 0.15) is 38.7 Å². The minimum atomic E-state index is -0.188. The predicted octanol–water partition coefficient (Wildman–Crippen LogP) is 3.63. The van der Waals surface area contributed by atoms with Crippen LogP contribution in [-0.4, -0.2) is 29.8 Å². The first-order valence-corrected chi connectivity index (χ1v) is 7.63. The van der Waals surface area contributed by atoms with Crippen molar-refractivity contribution < 1.29 is 9.59 Å². The van der Waals surface area contributed by atoms with Crippen LogP contribution in [0.2, 0.25) is 5.02 Å². The third-order valence-electron chi connectivity index (χ3n) is 3.27. The van der Waals surface area contributed by atoms with Gasteiger partial charge < -0.3 is 10.2 Å². The summed E-state index contributed by atoms with van der Waals surface area (Å²) < 4.78 is 0. The highest BCUT2D eigenvalue weighted by molar-refractivity contribution is 6.30. The Morgan fingerprint density at radius 2 is 2.00 bits per heavy atom. The van der Waals surface area contributed by atoms with Gasteiger partial charge in [-0.1, -0.05) is 31.4 Å². The second-order valence-corrected chi connectivity index (χ2v) is 5.59. The molecule has 0 unspecified atom stereocenters. The Morgan fingerprint density at radius 3 is 2.57 bits per heavy atom. The van der Waals surface area contributed by atoms with E-state index in [0.29, 0.717) is 11.6 Å². The lowest BCUT2D eigenvalue weighted by Gasteiger charge is -2.20. The Kier molecular flexibility index (Phi) is 7.23. The average molecular weight is 311 g/mol. The minimum Gasteiger partial charge on any atom is -0.334 e. The lowest BCUT2D eigenvalue weighted by molar-refractivity contribution is -0.132. The van der Waals surface area contributed by atoms with Gasteiger partial charge in [0.05, 0.1) is 6.54 Å². The highest BCUT2D eigenvalue weighted by Gasteiger charge is 2.14. The SMILES string of the molecule is CCCCCN(CC(=O)Nc1ccc(Cl)cc1C)C(C)=O. The fourth-order valence-corrected chi connectivity index (χ4v) is 2.26. The van der Waals surface area contributed by atoms with Crippen molar-refractivity contribution in [2.24, 2.45) is 0 Å². The van der Waals surface area contributed by atoms with Gasteiger partial charge in [-0.15, -0.1) is 0 Å². The maximum Gasteiger partial charge on any atom is 0.244 e. The van der Waals surface area contributed by atoms with Gasteiger partial charge in [0.2, 0.25) is 11.8 Å². The lowest BCUT2D eigenvalue weighted by Crippen LogP contribution is -2.37. The van der Waals surface area contributed by atoms with E-state index < -0.39 is 0 Å². The second kappa shape index (κ2) is 8.67. The van der Waals surface area contributed by atoms with Gasteiger partial charge in [-0.25, -0.2) is 0 Å². The van der Waals surface area contributed by atoms with Crippen LogP contribution in [0.5, 0.6) is 0 Å². The van der Waals surface area contributed by atoms with Crippen molar-refractivity contribution in [3.05, 3.63) is 28.8 Å². The molecule has 1 N–H and O–H groups in total. The summed E-state index contributed by atoms with van der Waals surface area (Å²) in [6.45, 7) is 6.18. The Hall–Kier alpha value is -1.55. The third-order valence-corrected chi connectivity index (χ3v) is 3.51. The number of unbranched alkanes of at least 4 members (excludes halogenated alkanes) is 2. The molecular formula is C16H23ClN2O2. The van der Waals surface area contributed by atoms with E-state index in [4.69, 9.17) is 11.6 Å². The number of nitrogens with one attached hydrogen (secondary N) is 1. The number of amides is 2. The summed E-state index contributed by atoms with van der Waals surface area (Å²) >= 11 is 5.88. The molecule has 21 heavy (non-hydrogen) atoms. The average Bonchev–Trinajstić information content (AvgIpc) is 2.41. The van der Waals surface area contributed by atoms with Crippen molar-refractivity contribution in [3.8, 4) is 0 Å². The molecule has 1 rings (SSSR count). The van der Waals surface area contributed by atoms with Gasteiger partial charge in [-0.05, 0) is 37.1 Å². The molecule has 2 amide bonds. The Labute approximate surface area is 131 Å². The summed E-state index contributed by atoms with van der Waals surface area (Å²) in [5.41, 5.74) is 1.62. The normalized spacial score (nSPS) is 10.3. The maximum atomic E-state index is 12.1. The number of carbonyl (C=O) groups excluding carboxylic acids is 2. The van der Waals surface area contributed by atoms with Crippen LogP contribution in [0.3, 0.4) is 0 Å². The molecule has 0 bridgehead atoms. The van der Waals surface area contributed by atoms with Crippen molar-refractivity contribution in [1.82, 2.24) is 4.90 Å². The summed E-state index contributed by atoms with van der Waals surface area (Å²) in [5, 5.41) is 3.46. The summed E-state index contributed by atoms with van der Waals surface area (Å²) in [6, 6.07) is 5.29. The van der Waals surface area contributed by atoms with E-state index in [-0.39, 0.29) is 18.4 Å². The van der Waals surface area contributed by atoms with Crippen LogP contribution < -0.4 is 5.32 Å². The number of anilines is 1. The molecule has 0 heterocycles. The highest BCUT2D eigenvalue weighted by atomic mass is 35.5. The molecule has 1 aromatic rings. The Balaban J connectivity index is 2.59. The molecule has 0 saturated heterocycles. The number of benzene rings is 1. The van der Waals surface area contributed by atoms with Crippen LogP contribution in [0.25, 0.3) is 0 Å². The molecular weight excluding hydrogens is 288 g/mol. The number of aryl methyl sites for hydroxylation is 1. The maximum absolute atomic E-state index is 12.1. The first-order chi connectivity index (χ1) is 9.93. The number of rotatable bonds is 7. The molecule has 5 heteroatoms. The van der Waals surface area contributed by atoms with Gasteiger partial charge >= 0.3 is 0 Å². The molecule has 116 valence electrons. The molecule has 0 aliphatic carbocycles. The highest BCUT2D eigenvalue weighted by Crippen LogP contribution is 2.19. The second-order valence-electron chi connectivity index (χ2n) is 5.16. The number of carbonyl (C=O) groups is 2. The summed E-state index contributed by atoms with van der Waals surface area (Å²) in [4.78, 5) is 25.2. The van der Waals surface area contributed by atoms with Gasteiger partial charge in [0.25, 0.3) is 0 Å². The van der Waals surface area contributed by atoms with Crippen LogP contribution in [0.4, 0.5) is 5.69 Å². The van der Waals surface area contributed by atoms with Gasteiger partial charge in [-0.3, -0.25) is 9.59 Å². The predicted molar refractivity (Wildman–Crippen MR) is 86.6 cm³/mol. The Morgan fingerprint density at radius 1 is 1.29 bits per heavy atom. The summed E-state index contributed by atoms with van der Waals surface area (Å²) in [5.74, 6) is -0.263. The molecule has 0 aromatic heterocycles. The molecule has 0 atom stereocenters. The standard InChI is InChI=1S/C16H23ClN2O2/c1-4-5-6-9-19(13(3)20)11-16(21)18-15-8-7-14(17)10-12(15)2/h7-8,10H,4-6,9,11H2,1-3H3,(H,18,21). The quantitative estimate of drug-likeness (QED) is 0.782. The van der Waals surface area contributed by atoms with Gasteiger partial charge in [0, 0.05) is 24.2 Å². The zero-order valence-electron chi connectivity index (χ0n) is 12.9. The number of nitrogens with zero attached hydrogens (tertiary/aromatic N) is 1. The zero-order valence-corrected chi connectivity index (χ0v) is 13.7. The van der Waals surface area contributed by atoms with Crippen LogP contribution in [0, 0.1) is 6.92 Å². The molecule has 0 fully saturated rings. The van der Waals surface area contributed by atoms with Crippen molar-refractivity contribution in [3.63, 3.8) is 0 Å². The third kappa shape index (κ3) is 6.17. The van der Waals surface area contributed by atoms with E-state index >= 15 is 0 Å². The van der Waals surface area contributed by atoms with Crippen LogP contribution in [0.15, 0.2) is 18.2 Å². The van der Waals surface area contributed by atoms with Crippen molar-refractivity contribution >= 4 is 29.1 Å². The smallest absolute Gasteiger partial charge is 0.244 e. The molecule has 0 aliphatic heterocycles. The van der Waals surface area contributed by atoms with E-state index in [1.54, 1.807) is 23.1 Å². The van der Waals surface area contributed by atoms with Gasteiger partial charge in [-0.2, -0.15) is 0 Å². The fourth-order valence-electron chi connectivity index (χ4n) is 2.03. The minimum absolute atomic E-state index is 0.0749. The fraction of sp³-hybridized carbons (Fsp3) is 0.500. The van der Waals surface area contributed by atoms with Crippen molar-refractivity contribution in [1.29, 1.82) is 0 Å². The van der Waals surface area contributed by atoms with Gasteiger partial charge in [0.1, 0.15) is 0 Å². The lowest BCUT2D eigenvalue weighted by atomic mass is 10.2. The van der Waals surface area contributed by atoms with E-state index in [9.17, 15) is 9.59 Å². The number of hydrogen-bond donors (Lipinski definition) is 1. The molecule has 0 radical (unpaired) electrons. The molecule has 0 saturated carbocycles. The zero-order chi connectivity index (χ0) is 15.8. The van der Waals surface area contributed by atoms with Crippen LogP contribution in [-0.2, 0) is 9.59 Å². The molecule has 4 nitrogen and oxygen atoms in total. The molecule has 0 spiro atoms. The molecule has 1 aromatic carbocycles. The monoisotopic (exact) mass is 310 g/mol. The first-order valence-electron chi connectivity index (χ1n) is 7.25. The van der Waals surface area contributed by atoms with Crippen LogP contribution >= 0.6 is 11.6 Å². The van der Waals surface area contributed by atoms with Gasteiger partial charge in [0.15, 0.2) is 0 Å². The van der Waals surface area contributed by atoms with E-state index in [1.165, 1.54) is 6.92 Å². The first kappa shape index (κ1) is 17.5. The van der Waals surface area contributed by atoms with E-state index in [2.05, 4.69) is 12.2 Å². The summed E-state index contributed by atoms with van der Waals surface area (Å²) in [7, 11) is 0. The van der Waals surface area contributed by atoms with E-state index in [1.807, 2.05) is 6.92 Å².